The summed E-state index contributed by atoms with van der Waals surface area (Å²) in [6.45, 7) is 2.58. The van der Waals surface area contributed by atoms with Gasteiger partial charge in [-0.1, -0.05) is 12.1 Å². The lowest BCUT2D eigenvalue weighted by Gasteiger charge is -2.24. The van der Waals surface area contributed by atoms with Crippen molar-refractivity contribution in [1.82, 2.24) is 15.3 Å². The summed E-state index contributed by atoms with van der Waals surface area (Å²) in [6, 6.07) is 8.29. The van der Waals surface area contributed by atoms with Crippen LogP contribution in [-0.4, -0.2) is 29.7 Å². The van der Waals surface area contributed by atoms with Gasteiger partial charge in [0.25, 0.3) is 0 Å². The molecule has 2 heterocycles. The molecular weight excluding hydrogens is 276 g/mol. The van der Waals surface area contributed by atoms with Crippen LogP contribution in [0.15, 0.2) is 36.7 Å². The zero-order chi connectivity index (χ0) is 14.8. The van der Waals surface area contributed by atoms with Gasteiger partial charge < -0.3 is 15.4 Å². The third-order valence-corrected chi connectivity index (χ3v) is 4.19. The van der Waals surface area contributed by atoms with E-state index in [2.05, 4.69) is 32.7 Å². The van der Waals surface area contributed by atoms with E-state index in [4.69, 9.17) is 4.74 Å². The number of rotatable bonds is 4. The molecule has 5 nitrogen and oxygen atoms in total. The van der Waals surface area contributed by atoms with Gasteiger partial charge in [0, 0.05) is 31.2 Å². The number of nitrogens with one attached hydrogen (secondary N) is 2. The molecule has 0 radical (unpaired) electrons. The van der Waals surface area contributed by atoms with Gasteiger partial charge in [0.05, 0.1) is 12.7 Å². The number of hydrogen-bond acceptors (Lipinski definition) is 5. The normalized spacial score (nSPS) is 21.5. The molecule has 22 heavy (non-hydrogen) atoms. The number of nitrogens with zero attached hydrogens (tertiary/aromatic N) is 2. The smallest absolute Gasteiger partial charge is 0.227 e. The molecule has 5 heteroatoms. The zero-order valence-corrected chi connectivity index (χ0v) is 12.5. The van der Waals surface area contributed by atoms with Gasteiger partial charge in [-0.05, 0) is 42.0 Å². The fourth-order valence-corrected chi connectivity index (χ4v) is 2.72. The third kappa shape index (κ3) is 3.10. The van der Waals surface area contributed by atoms with E-state index >= 15 is 0 Å². The standard InChI is InChI=1S/C17H20N4O/c1-2-12(1)14-9-19-17(20-10-14)21-15-5-3-13(4-6-15)16-11-18-7-8-22-16/h3-6,9-10,12,16,18H,1-2,7-8,11H2,(H,19,20,21)/t16-/m1/s1. The molecule has 1 saturated heterocycles. The predicted octanol–water partition coefficient (Wildman–Crippen LogP) is 2.76. The van der Waals surface area contributed by atoms with E-state index in [1.807, 2.05) is 24.5 Å². The molecule has 0 spiro atoms. The Morgan fingerprint density at radius 2 is 1.82 bits per heavy atom. The van der Waals surface area contributed by atoms with Crippen LogP contribution in [0.5, 0.6) is 0 Å². The molecule has 2 fully saturated rings. The molecule has 0 unspecified atom stereocenters. The summed E-state index contributed by atoms with van der Waals surface area (Å²) >= 11 is 0. The third-order valence-electron chi connectivity index (χ3n) is 4.19. The Labute approximate surface area is 130 Å². The number of anilines is 2. The van der Waals surface area contributed by atoms with E-state index in [0.29, 0.717) is 11.9 Å². The molecule has 2 aromatic rings. The van der Waals surface area contributed by atoms with Gasteiger partial charge in [-0.2, -0.15) is 0 Å². The summed E-state index contributed by atoms with van der Waals surface area (Å²) in [6.07, 6.45) is 6.56. The van der Waals surface area contributed by atoms with Gasteiger partial charge in [0.15, 0.2) is 0 Å². The van der Waals surface area contributed by atoms with Crippen LogP contribution in [0.1, 0.15) is 36.0 Å². The number of benzene rings is 1. The fourth-order valence-electron chi connectivity index (χ4n) is 2.72. The highest BCUT2D eigenvalue weighted by Crippen LogP contribution is 2.39. The Morgan fingerprint density at radius 3 is 2.45 bits per heavy atom. The number of ether oxygens (including phenoxy) is 1. The minimum Gasteiger partial charge on any atom is -0.371 e. The molecule has 4 rings (SSSR count). The first-order valence-electron chi connectivity index (χ1n) is 7.90. The summed E-state index contributed by atoms with van der Waals surface area (Å²) in [5, 5.41) is 6.59. The highest BCUT2D eigenvalue weighted by atomic mass is 16.5. The highest BCUT2D eigenvalue weighted by molar-refractivity contribution is 5.53. The molecule has 1 saturated carbocycles. The second-order valence-corrected chi connectivity index (χ2v) is 5.92. The monoisotopic (exact) mass is 296 g/mol. The van der Waals surface area contributed by atoms with Gasteiger partial charge in [-0.25, -0.2) is 9.97 Å². The van der Waals surface area contributed by atoms with Crippen LogP contribution in [0.2, 0.25) is 0 Å². The summed E-state index contributed by atoms with van der Waals surface area (Å²) in [4.78, 5) is 8.78. The lowest BCUT2D eigenvalue weighted by molar-refractivity contribution is 0.0277. The number of aromatic nitrogens is 2. The van der Waals surface area contributed by atoms with Crippen LogP contribution in [0.25, 0.3) is 0 Å². The Balaban J connectivity index is 1.41. The Hall–Kier alpha value is -1.98. The summed E-state index contributed by atoms with van der Waals surface area (Å²) in [5.74, 6) is 1.34. The molecule has 2 aliphatic rings. The van der Waals surface area contributed by atoms with Crippen molar-refractivity contribution in [2.24, 2.45) is 0 Å². The molecule has 0 amide bonds. The van der Waals surface area contributed by atoms with E-state index < -0.39 is 0 Å². The lowest BCUT2D eigenvalue weighted by Crippen LogP contribution is -2.33. The minimum atomic E-state index is 0.150. The maximum Gasteiger partial charge on any atom is 0.227 e. The van der Waals surface area contributed by atoms with Crippen LogP contribution in [0.4, 0.5) is 11.6 Å². The first-order chi connectivity index (χ1) is 10.9. The maximum atomic E-state index is 5.76. The molecule has 2 N–H and O–H groups in total. The van der Waals surface area contributed by atoms with Crippen molar-refractivity contribution in [2.75, 3.05) is 25.0 Å². The van der Waals surface area contributed by atoms with Crippen molar-refractivity contribution in [3.8, 4) is 0 Å². The number of morpholine rings is 1. The highest BCUT2D eigenvalue weighted by Gasteiger charge is 2.24. The van der Waals surface area contributed by atoms with Gasteiger partial charge in [0.2, 0.25) is 5.95 Å². The van der Waals surface area contributed by atoms with Gasteiger partial charge in [-0.15, -0.1) is 0 Å². The van der Waals surface area contributed by atoms with E-state index in [1.54, 1.807) is 0 Å². The van der Waals surface area contributed by atoms with Crippen molar-refractivity contribution >= 4 is 11.6 Å². The molecule has 1 aromatic carbocycles. The Bertz CT molecular complexity index is 616. The first kappa shape index (κ1) is 13.7. The first-order valence-corrected chi connectivity index (χ1v) is 7.90. The fraction of sp³-hybridized carbons (Fsp3) is 0.412. The molecule has 1 aliphatic heterocycles. The molecule has 1 aromatic heterocycles. The van der Waals surface area contributed by atoms with E-state index in [9.17, 15) is 0 Å². The maximum absolute atomic E-state index is 5.76. The second kappa shape index (κ2) is 6.02. The summed E-state index contributed by atoms with van der Waals surface area (Å²) < 4.78 is 5.76. The Kier molecular flexibility index (Phi) is 3.74. The average molecular weight is 296 g/mol. The largest absolute Gasteiger partial charge is 0.371 e. The van der Waals surface area contributed by atoms with Gasteiger partial charge >= 0.3 is 0 Å². The quantitative estimate of drug-likeness (QED) is 0.908. The summed E-state index contributed by atoms with van der Waals surface area (Å²) in [7, 11) is 0. The Morgan fingerprint density at radius 1 is 1.05 bits per heavy atom. The SMILES string of the molecule is c1cc([C@H]2CNCCO2)ccc1Nc1ncc(C2CC2)cn1. The van der Waals surface area contributed by atoms with Crippen molar-refractivity contribution in [3.05, 3.63) is 47.8 Å². The molecule has 1 aliphatic carbocycles. The predicted molar refractivity (Wildman–Crippen MR) is 85.3 cm³/mol. The average Bonchev–Trinajstić information content (AvgIpc) is 3.42. The topological polar surface area (TPSA) is 59.1 Å². The van der Waals surface area contributed by atoms with E-state index in [1.165, 1.54) is 24.0 Å². The minimum absolute atomic E-state index is 0.150. The lowest BCUT2D eigenvalue weighted by atomic mass is 10.1. The van der Waals surface area contributed by atoms with E-state index in [-0.39, 0.29) is 6.10 Å². The van der Waals surface area contributed by atoms with Crippen LogP contribution in [0.3, 0.4) is 0 Å². The van der Waals surface area contributed by atoms with Crippen LogP contribution in [-0.2, 0) is 4.74 Å². The molecule has 1 atom stereocenters. The van der Waals surface area contributed by atoms with Crippen LogP contribution < -0.4 is 10.6 Å². The zero-order valence-electron chi connectivity index (χ0n) is 12.5. The van der Waals surface area contributed by atoms with Crippen LogP contribution >= 0.6 is 0 Å². The van der Waals surface area contributed by atoms with E-state index in [0.717, 1.165) is 25.4 Å². The molecular formula is C17H20N4O. The van der Waals surface area contributed by atoms with Crippen LogP contribution in [0, 0.1) is 0 Å². The molecule has 0 bridgehead atoms. The van der Waals surface area contributed by atoms with Crippen molar-refractivity contribution < 1.29 is 4.74 Å². The van der Waals surface area contributed by atoms with Gasteiger partial charge in [0.1, 0.15) is 0 Å². The van der Waals surface area contributed by atoms with Crippen molar-refractivity contribution in [1.29, 1.82) is 0 Å². The van der Waals surface area contributed by atoms with Crippen molar-refractivity contribution in [2.45, 2.75) is 24.9 Å². The molecule has 114 valence electrons. The summed E-state index contributed by atoms with van der Waals surface area (Å²) in [5.41, 5.74) is 3.44. The van der Waals surface area contributed by atoms with Gasteiger partial charge in [-0.3, -0.25) is 0 Å². The van der Waals surface area contributed by atoms with Crippen molar-refractivity contribution in [3.63, 3.8) is 0 Å². The second-order valence-electron chi connectivity index (χ2n) is 5.92. The number of hydrogen-bond donors (Lipinski definition) is 2.